The number of carboxylic acid groups (broad SMARTS) is 2. The summed E-state index contributed by atoms with van der Waals surface area (Å²) in [6.07, 6.45) is 2.46. The predicted molar refractivity (Wildman–Crippen MR) is 71.3 cm³/mol. The molecule has 0 saturated heterocycles. The van der Waals surface area contributed by atoms with Crippen LogP contribution in [-0.4, -0.2) is 27.9 Å². The van der Waals surface area contributed by atoms with Gasteiger partial charge in [0.25, 0.3) is 0 Å². The number of halogens is 1. The first-order chi connectivity index (χ1) is 9.97. The summed E-state index contributed by atoms with van der Waals surface area (Å²) >= 11 is 0. The molecular weight excluding hydrogens is 354 g/mol. The second kappa shape index (κ2) is 7.46. The summed E-state index contributed by atoms with van der Waals surface area (Å²) in [6.45, 7) is -0.134. The number of carbonyl (C=O) groups is 3. The molecule has 0 amide bonds. The number of Topliss-reactive ketones (excluding diaryl/α,β-unsaturated/α-hetero) is 1. The Kier molecular flexibility index (Phi) is 5.94. The van der Waals surface area contributed by atoms with Gasteiger partial charge in [-0.3, -0.25) is 4.79 Å². The number of aromatic nitrogens is 1. The quantitative estimate of drug-likeness (QED) is 0.484. The Morgan fingerprint density at radius 3 is 1.82 bits per heavy atom. The Morgan fingerprint density at radius 2 is 1.36 bits per heavy atom. The lowest BCUT2D eigenvalue weighted by Crippen LogP contribution is -3.00. The van der Waals surface area contributed by atoms with Crippen LogP contribution in [0, 0.1) is 0 Å². The van der Waals surface area contributed by atoms with E-state index in [0.29, 0.717) is 5.56 Å². The van der Waals surface area contributed by atoms with Gasteiger partial charge in [-0.15, -0.1) is 0 Å². The van der Waals surface area contributed by atoms with Gasteiger partial charge < -0.3 is 27.2 Å². The standard InChI is InChI=1S/C15H11NO5.BrH/c17-13(10-4-2-1-3-5-10)9-16-7-11(14(18)19)6-12(8-16)15(20)21;/h1-8H,9H2,(H-,18,19,20,21);1H. The lowest BCUT2D eigenvalue weighted by Gasteiger charge is -2.01. The van der Waals surface area contributed by atoms with E-state index in [4.69, 9.17) is 10.2 Å². The van der Waals surface area contributed by atoms with Crippen LogP contribution in [0.15, 0.2) is 48.8 Å². The van der Waals surface area contributed by atoms with E-state index in [0.717, 1.165) is 6.07 Å². The van der Waals surface area contributed by atoms with Crippen molar-refractivity contribution in [2.45, 2.75) is 6.54 Å². The molecule has 0 aliphatic carbocycles. The molecule has 0 radical (unpaired) electrons. The van der Waals surface area contributed by atoms with Crippen LogP contribution in [-0.2, 0) is 6.54 Å². The normalized spacial score (nSPS) is 9.64. The van der Waals surface area contributed by atoms with Gasteiger partial charge in [-0.25, -0.2) is 9.59 Å². The zero-order valence-corrected chi connectivity index (χ0v) is 12.9. The fourth-order valence-electron chi connectivity index (χ4n) is 1.84. The number of hydrogen-bond acceptors (Lipinski definition) is 3. The first kappa shape index (κ1) is 17.5. The number of aromatic carboxylic acids is 2. The highest BCUT2D eigenvalue weighted by molar-refractivity contribution is 5.95. The summed E-state index contributed by atoms with van der Waals surface area (Å²) in [5.74, 6) is -2.74. The highest BCUT2D eigenvalue weighted by Crippen LogP contribution is 2.04. The second-order valence-corrected chi connectivity index (χ2v) is 4.39. The number of carbonyl (C=O) groups excluding carboxylic acids is 1. The molecule has 114 valence electrons. The molecule has 2 aromatic rings. The molecule has 7 heteroatoms. The summed E-state index contributed by atoms with van der Waals surface area (Å²) in [7, 11) is 0. The van der Waals surface area contributed by atoms with Crippen LogP contribution in [0.5, 0.6) is 0 Å². The van der Waals surface area contributed by atoms with Gasteiger partial charge in [0.05, 0.1) is 0 Å². The number of carboxylic acids is 2. The molecule has 0 unspecified atom stereocenters. The number of benzene rings is 1. The van der Waals surface area contributed by atoms with Gasteiger partial charge in [0.1, 0.15) is 11.1 Å². The predicted octanol–water partition coefficient (Wildman–Crippen LogP) is -1.74. The van der Waals surface area contributed by atoms with Crippen molar-refractivity contribution in [2.24, 2.45) is 0 Å². The van der Waals surface area contributed by atoms with Crippen LogP contribution in [0.1, 0.15) is 31.1 Å². The van der Waals surface area contributed by atoms with E-state index < -0.39 is 11.9 Å². The van der Waals surface area contributed by atoms with Gasteiger partial charge in [0.2, 0.25) is 12.3 Å². The smallest absolute Gasteiger partial charge is 0.341 e. The summed E-state index contributed by atoms with van der Waals surface area (Å²) in [6, 6.07) is 9.54. The summed E-state index contributed by atoms with van der Waals surface area (Å²) < 4.78 is 1.27. The maximum absolute atomic E-state index is 12.1. The van der Waals surface area contributed by atoms with Gasteiger partial charge in [-0.2, -0.15) is 4.57 Å². The van der Waals surface area contributed by atoms with Gasteiger partial charge in [-0.05, 0) is 6.07 Å². The van der Waals surface area contributed by atoms with E-state index >= 15 is 0 Å². The van der Waals surface area contributed by atoms with Crippen molar-refractivity contribution in [1.82, 2.24) is 0 Å². The summed E-state index contributed by atoms with van der Waals surface area (Å²) in [5.41, 5.74) is 0.106. The lowest BCUT2D eigenvalue weighted by molar-refractivity contribution is -0.683. The maximum atomic E-state index is 12.1. The summed E-state index contributed by atoms with van der Waals surface area (Å²) in [4.78, 5) is 34.0. The molecule has 0 saturated carbocycles. The first-order valence-corrected chi connectivity index (χ1v) is 6.06. The van der Waals surface area contributed by atoms with Crippen LogP contribution in [0.25, 0.3) is 0 Å². The van der Waals surface area contributed by atoms with E-state index in [1.54, 1.807) is 30.3 Å². The minimum atomic E-state index is -1.25. The van der Waals surface area contributed by atoms with Gasteiger partial charge in [-0.1, -0.05) is 30.3 Å². The van der Waals surface area contributed by atoms with Crippen molar-refractivity contribution in [1.29, 1.82) is 0 Å². The fourth-order valence-corrected chi connectivity index (χ4v) is 1.84. The Hall–Kier alpha value is -2.54. The van der Waals surface area contributed by atoms with Crippen molar-refractivity contribution in [3.63, 3.8) is 0 Å². The lowest BCUT2D eigenvalue weighted by atomic mass is 10.1. The molecule has 1 aromatic heterocycles. The molecule has 22 heavy (non-hydrogen) atoms. The molecule has 0 fully saturated rings. The third-order valence-corrected chi connectivity index (χ3v) is 2.84. The van der Waals surface area contributed by atoms with Gasteiger partial charge in [0.15, 0.2) is 12.4 Å². The molecule has 2 N–H and O–H groups in total. The zero-order valence-electron chi connectivity index (χ0n) is 11.3. The zero-order chi connectivity index (χ0) is 15.4. The SMILES string of the molecule is O=C(O)c1cc(C(=O)O)c[n+](CC(=O)c2ccccc2)c1.[Br-]. The number of nitrogens with zero attached hydrogens (tertiary/aromatic N) is 1. The Bertz CT molecular complexity index is 683. The van der Waals surface area contributed by atoms with E-state index in [1.165, 1.54) is 17.0 Å². The summed E-state index contributed by atoms with van der Waals surface area (Å²) in [5, 5.41) is 18.0. The highest BCUT2D eigenvalue weighted by atomic mass is 79.9. The number of ketones is 1. The molecule has 6 nitrogen and oxygen atoms in total. The number of pyridine rings is 1. The third kappa shape index (κ3) is 4.23. The van der Waals surface area contributed by atoms with Crippen LogP contribution >= 0.6 is 0 Å². The van der Waals surface area contributed by atoms with E-state index in [2.05, 4.69) is 0 Å². The molecule has 0 bridgehead atoms. The number of rotatable bonds is 5. The molecule has 1 heterocycles. The topological polar surface area (TPSA) is 95.5 Å². The monoisotopic (exact) mass is 365 g/mol. The van der Waals surface area contributed by atoms with Crippen molar-refractivity contribution >= 4 is 17.7 Å². The molecule has 2 rings (SSSR count). The van der Waals surface area contributed by atoms with Crippen LogP contribution in [0.2, 0.25) is 0 Å². The maximum Gasteiger partial charge on any atom is 0.341 e. The van der Waals surface area contributed by atoms with Crippen LogP contribution < -0.4 is 21.5 Å². The Labute approximate surface area is 136 Å². The van der Waals surface area contributed by atoms with E-state index in [1.807, 2.05) is 0 Å². The molecular formula is C15H12BrNO5. The second-order valence-electron chi connectivity index (χ2n) is 4.39. The third-order valence-electron chi connectivity index (χ3n) is 2.84. The van der Waals surface area contributed by atoms with Gasteiger partial charge >= 0.3 is 11.9 Å². The minimum absolute atomic E-state index is 0. The molecule has 0 atom stereocenters. The molecule has 0 aliphatic rings. The van der Waals surface area contributed by atoms with Crippen LogP contribution in [0.3, 0.4) is 0 Å². The van der Waals surface area contributed by atoms with Crippen molar-refractivity contribution in [3.8, 4) is 0 Å². The van der Waals surface area contributed by atoms with Crippen molar-refractivity contribution in [2.75, 3.05) is 0 Å². The molecule has 1 aromatic carbocycles. The van der Waals surface area contributed by atoms with Crippen molar-refractivity contribution in [3.05, 3.63) is 65.5 Å². The van der Waals surface area contributed by atoms with Crippen molar-refractivity contribution < 1.29 is 46.1 Å². The van der Waals surface area contributed by atoms with E-state index in [9.17, 15) is 14.4 Å². The molecule has 0 spiro atoms. The molecule has 0 aliphatic heterocycles. The minimum Gasteiger partial charge on any atom is -1.00 e. The Morgan fingerprint density at radius 1 is 0.864 bits per heavy atom. The average Bonchev–Trinajstić information content (AvgIpc) is 2.47. The number of hydrogen-bond donors (Lipinski definition) is 2. The average molecular weight is 366 g/mol. The first-order valence-electron chi connectivity index (χ1n) is 6.06. The largest absolute Gasteiger partial charge is 1.00 e. The van der Waals surface area contributed by atoms with E-state index in [-0.39, 0.29) is 40.4 Å². The Balaban J connectivity index is 0.00000242. The fraction of sp³-hybridized carbons (Fsp3) is 0.0667. The highest BCUT2D eigenvalue weighted by Gasteiger charge is 2.19. The van der Waals surface area contributed by atoms with Crippen LogP contribution in [0.4, 0.5) is 0 Å². The van der Waals surface area contributed by atoms with Gasteiger partial charge in [0, 0.05) is 5.56 Å².